The second-order valence-corrected chi connectivity index (χ2v) is 11.3. The highest BCUT2D eigenvalue weighted by atomic mass is 16.3. The highest BCUT2D eigenvalue weighted by Crippen LogP contribution is 2.43. The highest BCUT2D eigenvalue weighted by Gasteiger charge is 2.28. The number of hydrogen-bond donors (Lipinski definition) is 0. The highest BCUT2D eigenvalue weighted by molar-refractivity contribution is 6.02. The van der Waals surface area contributed by atoms with E-state index in [1.807, 2.05) is 48.5 Å². The first-order valence-electron chi connectivity index (χ1n) is 15.2. The Morgan fingerprint density at radius 1 is 0.523 bits per heavy atom. The van der Waals surface area contributed by atoms with Gasteiger partial charge in [0, 0.05) is 45.0 Å². The predicted octanol–water partition coefficient (Wildman–Crippen LogP) is 9.45. The lowest BCUT2D eigenvalue weighted by Gasteiger charge is -2.16. The molecule has 2 aliphatic rings. The molecule has 5 nitrogen and oxygen atoms in total. The summed E-state index contributed by atoms with van der Waals surface area (Å²) in [6, 6.07) is 35.2. The number of rotatable bonds is 4. The van der Waals surface area contributed by atoms with Crippen molar-refractivity contribution in [3.05, 3.63) is 150 Å². The normalized spacial score (nSPS) is 14.3. The van der Waals surface area contributed by atoms with Crippen molar-refractivity contribution in [2.75, 3.05) is 0 Å². The van der Waals surface area contributed by atoms with Crippen molar-refractivity contribution in [2.45, 2.75) is 25.7 Å². The third kappa shape index (κ3) is 3.97. The maximum Gasteiger partial charge on any atom is 0.167 e. The van der Waals surface area contributed by atoms with Crippen LogP contribution in [0.1, 0.15) is 47.1 Å². The molecule has 2 aliphatic carbocycles. The number of allylic oxidation sites excluding steroid dienone is 2. The molecule has 0 saturated heterocycles. The van der Waals surface area contributed by atoms with E-state index in [1.165, 1.54) is 5.56 Å². The average Bonchev–Trinajstić information content (AvgIpc) is 3.67. The number of aryl methyl sites for hydroxylation is 2. The largest absolute Gasteiger partial charge is 0.460 e. The van der Waals surface area contributed by atoms with Crippen LogP contribution in [0, 0.1) is 0 Å². The first kappa shape index (κ1) is 25.0. The van der Waals surface area contributed by atoms with Gasteiger partial charge in [-0.1, -0.05) is 109 Å². The fraction of sp³-hybridized carbons (Fsp3) is 0.103. The quantitative estimate of drug-likeness (QED) is 0.211. The van der Waals surface area contributed by atoms with E-state index in [4.69, 9.17) is 23.8 Å². The molecule has 5 heteroatoms. The number of aromatic nitrogens is 3. The van der Waals surface area contributed by atoms with Gasteiger partial charge in [0.1, 0.15) is 22.7 Å². The van der Waals surface area contributed by atoms with Gasteiger partial charge in [0.25, 0.3) is 0 Å². The molecule has 210 valence electrons. The molecule has 0 saturated carbocycles. The minimum absolute atomic E-state index is 0.625. The monoisotopic (exact) mass is 569 g/mol. The van der Waals surface area contributed by atoms with Crippen LogP contribution in [0.2, 0.25) is 0 Å². The van der Waals surface area contributed by atoms with Gasteiger partial charge in [0.2, 0.25) is 0 Å². The van der Waals surface area contributed by atoms with Gasteiger partial charge in [-0.05, 0) is 30.9 Å². The zero-order chi connectivity index (χ0) is 29.0. The maximum absolute atomic E-state index is 6.63. The van der Waals surface area contributed by atoms with E-state index >= 15 is 0 Å². The van der Waals surface area contributed by atoms with Crippen LogP contribution >= 0.6 is 0 Å². The Labute approximate surface area is 254 Å². The number of para-hydroxylation sites is 2. The SMILES string of the molecule is C1=C(c2nc(C3=CCCc4oc5c(-c6ccccc6)cccc5c43)nc(-c3ccccc3)n2)c2oc3ccccc3c2CC1. The molecule has 3 aromatic heterocycles. The lowest BCUT2D eigenvalue weighted by Crippen LogP contribution is -2.10. The Bertz CT molecular complexity index is 2270. The zero-order valence-electron chi connectivity index (χ0n) is 24.0. The molecule has 0 fully saturated rings. The van der Waals surface area contributed by atoms with E-state index in [0.29, 0.717) is 17.5 Å². The first-order valence-corrected chi connectivity index (χ1v) is 15.2. The standard InChI is InChI=1S/C39H27N3O2/c1-3-12-24(13-4-1)26-17-9-19-29-34-30(20-11-23-33(34)44-35(26)29)38-40-37(25-14-5-2-6-15-25)41-39(42-38)31-21-10-18-28-27-16-7-8-22-32(27)43-36(28)31/h1-9,12-17,19-22H,10-11,18,23H2. The number of hydrogen-bond acceptors (Lipinski definition) is 5. The molecule has 44 heavy (non-hydrogen) atoms. The Kier molecular flexibility index (Phi) is 5.69. The topological polar surface area (TPSA) is 65.0 Å². The molecule has 0 radical (unpaired) electrons. The van der Waals surface area contributed by atoms with Crippen LogP contribution in [-0.4, -0.2) is 15.0 Å². The van der Waals surface area contributed by atoms with Crippen molar-refractivity contribution < 1.29 is 8.83 Å². The smallest absolute Gasteiger partial charge is 0.167 e. The van der Waals surface area contributed by atoms with Gasteiger partial charge in [0.05, 0.1) is 5.57 Å². The molecule has 0 bridgehead atoms. The van der Waals surface area contributed by atoms with Crippen molar-refractivity contribution in [2.24, 2.45) is 0 Å². The summed E-state index contributed by atoms with van der Waals surface area (Å²) in [6.07, 6.45) is 7.97. The molecule has 0 atom stereocenters. The van der Waals surface area contributed by atoms with Crippen molar-refractivity contribution in [1.82, 2.24) is 15.0 Å². The Hall–Kier alpha value is -5.55. The van der Waals surface area contributed by atoms with Crippen molar-refractivity contribution in [3.8, 4) is 22.5 Å². The van der Waals surface area contributed by atoms with E-state index in [9.17, 15) is 0 Å². The van der Waals surface area contributed by atoms with Crippen LogP contribution in [0.15, 0.2) is 124 Å². The van der Waals surface area contributed by atoms with Gasteiger partial charge < -0.3 is 8.83 Å². The summed E-state index contributed by atoms with van der Waals surface area (Å²) >= 11 is 0. The van der Waals surface area contributed by atoms with Crippen LogP contribution in [0.4, 0.5) is 0 Å². The molecule has 3 heterocycles. The maximum atomic E-state index is 6.63. The molecule has 4 aromatic carbocycles. The van der Waals surface area contributed by atoms with E-state index in [2.05, 4.69) is 66.7 Å². The zero-order valence-corrected chi connectivity index (χ0v) is 24.0. The summed E-state index contributed by atoms with van der Waals surface area (Å²) in [7, 11) is 0. The first-order chi connectivity index (χ1) is 21.8. The molecule has 0 amide bonds. The van der Waals surface area contributed by atoms with Crippen LogP contribution in [0.25, 0.3) is 55.6 Å². The van der Waals surface area contributed by atoms with E-state index in [1.54, 1.807) is 0 Å². The van der Waals surface area contributed by atoms with Crippen molar-refractivity contribution in [3.63, 3.8) is 0 Å². The lowest BCUT2D eigenvalue weighted by atomic mass is 9.92. The fourth-order valence-corrected chi connectivity index (χ4v) is 6.68. The Balaban J connectivity index is 1.24. The van der Waals surface area contributed by atoms with E-state index in [-0.39, 0.29) is 0 Å². The van der Waals surface area contributed by atoms with Crippen molar-refractivity contribution >= 4 is 33.1 Å². The van der Waals surface area contributed by atoms with Gasteiger partial charge >= 0.3 is 0 Å². The minimum Gasteiger partial charge on any atom is -0.460 e. The third-order valence-electron chi connectivity index (χ3n) is 8.70. The van der Waals surface area contributed by atoms with Crippen LogP contribution in [0.3, 0.4) is 0 Å². The van der Waals surface area contributed by atoms with Crippen molar-refractivity contribution in [1.29, 1.82) is 0 Å². The number of benzene rings is 4. The molecule has 0 unspecified atom stereocenters. The summed E-state index contributed by atoms with van der Waals surface area (Å²) < 4.78 is 13.1. The second-order valence-electron chi connectivity index (χ2n) is 11.3. The number of fused-ring (bicyclic) bond motifs is 6. The van der Waals surface area contributed by atoms with Gasteiger partial charge in [-0.2, -0.15) is 0 Å². The third-order valence-corrected chi connectivity index (χ3v) is 8.70. The predicted molar refractivity (Wildman–Crippen MR) is 174 cm³/mol. The number of furan rings is 2. The van der Waals surface area contributed by atoms with Gasteiger partial charge in [-0.25, -0.2) is 15.0 Å². The molecule has 0 N–H and O–H groups in total. The summed E-state index contributed by atoms with van der Waals surface area (Å²) in [4.78, 5) is 15.3. The summed E-state index contributed by atoms with van der Waals surface area (Å²) in [5.74, 6) is 3.74. The molecule has 7 aromatic rings. The summed E-state index contributed by atoms with van der Waals surface area (Å²) in [6.45, 7) is 0. The minimum atomic E-state index is 0.625. The van der Waals surface area contributed by atoms with Crippen LogP contribution in [-0.2, 0) is 12.8 Å². The molecule has 0 spiro atoms. The second kappa shape index (κ2) is 10.0. The van der Waals surface area contributed by atoms with E-state index in [0.717, 1.165) is 92.5 Å². The Morgan fingerprint density at radius 2 is 1.18 bits per heavy atom. The fourth-order valence-electron chi connectivity index (χ4n) is 6.68. The molecular weight excluding hydrogens is 542 g/mol. The van der Waals surface area contributed by atoms with Gasteiger partial charge in [-0.15, -0.1) is 0 Å². The molecule has 0 aliphatic heterocycles. The van der Waals surface area contributed by atoms with Crippen LogP contribution in [0.5, 0.6) is 0 Å². The number of nitrogens with zero attached hydrogens (tertiary/aromatic N) is 3. The van der Waals surface area contributed by atoms with E-state index < -0.39 is 0 Å². The summed E-state index contributed by atoms with van der Waals surface area (Å²) in [5, 5.41) is 2.23. The summed E-state index contributed by atoms with van der Waals surface area (Å²) in [5.41, 5.74) is 9.14. The molecular formula is C39H27N3O2. The lowest BCUT2D eigenvalue weighted by molar-refractivity contribution is 0.546. The van der Waals surface area contributed by atoms with Gasteiger partial charge in [0.15, 0.2) is 17.5 Å². The average molecular weight is 570 g/mol. The van der Waals surface area contributed by atoms with Gasteiger partial charge in [-0.3, -0.25) is 0 Å². The molecule has 9 rings (SSSR count). The Morgan fingerprint density at radius 3 is 2.02 bits per heavy atom. The van der Waals surface area contributed by atoms with Crippen LogP contribution < -0.4 is 0 Å².